The molecule has 0 unspecified atom stereocenters. The maximum absolute atomic E-state index is 11.4. The van der Waals surface area contributed by atoms with E-state index in [0.29, 0.717) is 18.3 Å². The molecule has 1 aliphatic heterocycles. The number of rotatable bonds is 8. The molecule has 0 aromatic heterocycles. The van der Waals surface area contributed by atoms with E-state index < -0.39 is 0 Å². The van der Waals surface area contributed by atoms with E-state index in [4.69, 9.17) is 4.74 Å². The van der Waals surface area contributed by atoms with Crippen LogP contribution in [0.1, 0.15) is 25.7 Å². The first-order chi connectivity index (χ1) is 8.18. The van der Waals surface area contributed by atoms with Gasteiger partial charge >= 0.3 is 5.97 Å². The number of carbonyl (C=O) groups excluding carboxylic acids is 1. The molecule has 0 aromatic rings. The molecule has 1 atom stereocenters. The van der Waals surface area contributed by atoms with E-state index in [0.717, 1.165) is 19.4 Å². The normalized spacial score (nSPS) is 18.9. The molecular weight excluding hydrogens is 254 g/mol. The van der Waals surface area contributed by atoms with Crippen molar-refractivity contribution in [3.8, 4) is 0 Å². The number of likely N-dealkylation sites (N-methyl/N-ethyl adjacent to an activating group) is 1. The molecule has 17 heavy (non-hydrogen) atoms. The molecule has 0 fully saturated rings. The maximum Gasteiger partial charge on any atom is 0.305 e. The molecule has 0 aromatic carbocycles. The van der Waals surface area contributed by atoms with Gasteiger partial charge in [-0.3, -0.25) is 4.79 Å². The molecule has 0 saturated carbocycles. The van der Waals surface area contributed by atoms with Crippen LogP contribution in [0.3, 0.4) is 0 Å². The van der Waals surface area contributed by atoms with E-state index in [1.165, 1.54) is 6.42 Å². The average Bonchev–Trinajstić information content (AvgIpc) is 2.76. The highest BCUT2D eigenvalue weighted by molar-refractivity contribution is 8.78. The van der Waals surface area contributed by atoms with E-state index in [1.54, 1.807) is 10.8 Å². The lowest BCUT2D eigenvalue weighted by molar-refractivity contribution is -0.144. The van der Waals surface area contributed by atoms with Gasteiger partial charge in [-0.25, -0.2) is 0 Å². The molecule has 1 heterocycles. The van der Waals surface area contributed by atoms with Crippen LogP contribution >= 0.6 is 21.6 Å². The Bertz CT molecular complexity index is 257. The quantitative estimate of drug-likeness (QED) is 0.386. The second kappa shape index (κ2) is 8.89. The molecule has 3 nitrogen and oxygen atoms in total. The van der Waals surface area contributed by atoms with Gasteiger partial charge in [0.15, 0.2) is 0 Å². The molecule has 0 spiro atoms. The number of ether oxygens (including phenoxy) is 1. The Labute approximate surface area is 112 Å². The topological polar surface area (TPSA) is 29.5 Å². The Kier molecular flexibility index (Phi) is 7.81. The minimum atomic E-state index is -0.0594. The molecule has 98 valence electrons. The zero-order valence-electron chi connectivity index (χ0n) is 10.6. The Hall–Kier alpha value is -0.130. The van der Waals surface area contributed by atoms with E-state index >= 15 is 0 Å². The van der Waals surface area contributed by atoms with Crippen LogP contribution in [0.15, 0.2) is 11.5 Å². The molecule has 0 bridgehead atoms. The van der Waals surface area contributed by atoms with Gasteiger partial charge in [0.1, 0.15) is 6.61 Å². The molecule has 0 radical (unpaired) electrons. The fraction of sp³-hybridized carbons (Fsp3) is 0.750. The largest absolute Gasteiger partial charge is 0.464 e. The van der Waals surface area contributed by atoms with Crippen molar-refractivity contribution in [3.05, 3.63) is 11.5 Å². The molecule has 5 heteroatoms. The smallest absolute Gasteiger partial charge is 0.305 e. The van der Waals surface area contributed by atoms with Crippen LogP contribution in [-0.4, -0.2) is 43.4 Å². The summed E-state index contributed by atoms with van der Waals surface area (Å²) < 4.78 is 5.12. The third-order valence-electron chi connectivity index (χ3n) is 2.45. The lowest BCUT2D eigenvalue weighted by Crippen LogP contribution is -2.20. The summed E-state index contributed by atoms with van der Waals surface area (Å²) in [6.45, 7) is 1.30. The summed E-state index contributed by atoms with van der Waals surface area (Å²) in [5.41, 5.74) is 0. The number of unbranched alkanes of at least 4 members (excludes halogenated alkanes) is 1. The summed E-state index contributed by atoms with van der Waals surface area (Å²) in [5, 5.41) is 2.79. The van der Waals surface area contributed by atoms with Gasteiger partial charge in [-0.2, -0.15) is 0 Å². The van der Waals surface area contributed by atoms with Crippen molar-refractivity contribution in [2.24, 2.45) is 0 Å². The Balaban J connectivity index is 1.91. The number of esters is 1. The Morgan fingerprint density at radius 3 is 2.88 bits per heavy atom. The summed E-state index contributed by atoms with van der Waals surface area (Å²) in [4.78, 5) is 13.4. The van der Waals surface area contributed by atoms with Gasteiger partial charge in [0.05, 0.1) is 0 Å². The summed E-state index contributed by atoms with van der Waals surface area (Å²) in [6.07, 6.45) is 6.01. The fourth-order valence-corrected chi connectivity index (χ4v) is 3.69. The van der Waals surface area contributed by atoms with Crippen LogP contribution in [-0.2, 0) is 9.53 Å². The van der Waals surface area contributed by atoms with Crippen molar-refractivity contribution in [2.75, 3.05) is 27.2 Å². The van der Waals surface area contributed by atoms with Crippen LogP contribution in [0.25, 0.3) is 0 Å². The van der Waals surface area contributed by atoms with Crippen LogP contribution < -0.4 is 0 Å². The Morgan fingerprint density at radius 1 is 1.41 bits per heavy atom. The highest BCUT2D eigenvalue weighted by Crippen LogP contribution is 2.37. The zero-order chi connectivity index (χ0) is 12.5. The minimum absolute atomic E-state index is 0.0594. The molecule has 1 rings (SSSR count). The zero-order valence-corrected chi connectivity index (χ0v) is 12.2. The summed E-state index contributed by atoms with van der Waals surface area (Å²) in [5.74, 6) is -0.0594. The highest BCUT2D eigenvalue weighted by atomic mass is 33.1. The second-order valence-corrected chi connectivity index (χ2v) is 6.75. The lowest BCUT2D eigenvalue weighted by atomic mass is 10.1. The van der Waals surface area contributed by atoms with Crippen molar-refractivity contribution in [3.63, 3.8) is 0 Å². The van der Waals surface area contributed by atoms with Crippen LogP contribution in [0.5, 0.6) is 0 Å². The van der Waals surface area contributed by atoms with E-state index in [9.17, 15) is 4.79 Å². The summed E-state index contributed by atoms with van der Waals surface area (Å²) in [6, 6.07) is 0. The predicted octanol–water partition coefficient (Wildman–Crippen LogP) is 2.93. The van der Waals surface area contributed by atoms with Crippen LogP contribution in [0.4, 0.5) is 0 Å². The number of carbonyl (C=O) groups is 1. The van der Waals surface area contributed by atoms with Gasteiger partial charge in [0, 0.05) is 18.2 Å². The molecule has 0 aliphatic carbocycles. The van der Waals surface area contributed by atoms with Gasteiger partial charge < -0.3 is 9.64 Å². The number of hydrogen-bond donors (Lipinski definition) is 0. The average molecular weight is 275 g/mol. The SMILES string of the molecule is CN(C)CCOC(=O)CCCC[C@@H]1C=CSS1. The first-order valence-corrected chi connectivity index (χ1v) is 8.25. The van der Waals surface area contributed by atoms with E-state index in [-0.39, 0.29) is 5.97 Å². The van der Waals surface area contributed by atoms with Crippen molar-refractivity contribution in [2.45, 2.75) is 30.9 Å². The van der Waals surface area contributed by atoms with Crippen molar-refractivity contribution in [1.82, 2.24) is 4.90 Å². The molecule has 1 aliphatic rings. The van der Waals surface area contributed by atoms with Gasteiger partial charge in [0.2, 0.25) is 0 Å². The van der Waals surface area contributed by atoms with Gasteiger partial charge in [-0.15, -0.1) is 0 Å². The highest BCUT2D eigenvalue weighted by Gasteiger charge is 2.10. The van der Waals surface area contributed by atoms with Crippen molar-refractivity contribution < 1.29 is 9.53 Å². The predicted molar refractivity (Wildman–Crippen MR) is 76.1 cm³/mol. The lowest BCUT2D eigenvalue weighted by Gasteiger charge is -2.10. The van der Waals surface area contributed by atoms with E-state index in [2.05, 4.69) is 11.5 Å². The van der Waals surface area contributed by atoms with Gasteiger partial charge in [-0.1, -0.05) is 34.1 Å². The molecule has 0 amide bonds. The second-order valence-electron chi connectivity index (χ2n) is 4.33. The number of hydrogen-bond acceptors (Lipinski definition) is 5. The Morgan fingerprint density at radius 2 is 2.24 bits per heavy atom. The van der Waals surface area contributed by atoms with Gasteiger partial charge in [-0.05, 0) is 32.3 Å². The first kappa shape index (κ1) is 14.9. The molecule has 0 N–H and O–H groups in total. The standard InChI is InChI=1S/C12H21NO2S2/c1-13(2)8-9-15-12(14)6-4-3-5-11-7-10-16-17-11/h7,10-11H,3-6,8-9H2,1-2H3/t11-/m1/s1. The fourth-order valence-electron chi connectivity index (χ4n) is 1.43. The molecule has 0 saturated heterocycles. The minimum Gasteiger partial charge on any atom is -0.464 e. The number of nitrogens with zero attached hydrogens (tertiary/aromatic N) is 1. The van der Waals surface area contributed by atoms with Gasteiger partial charge in [0.25, 0.3) is 0 Å². The molecular formula is C12H21NO2S2. The van der Waals surface area contributed by atoms with Crippen LogP contribution in [0.2, 0.25) is 0 Å². The van der Waals surface area contributed by atoms with Crippen molar-refractivity contribution >= 4 is 27.6 Å². The third-order valence-corrected chi connectivity index (χ3v) is 4.88. The third kappa shape index (κ3) is 7.73. The maximum atomic E-state index is 11.4. The van der Waals surface area contributed by atoms with Crippen molar-refractivity contribution in [1.29, 1.82) is 0 Å². The summed E-state index contributed by atoms with van der Waals surface area (Å²) in [7, 11) is 7.64. The summed E-state index contributed by atoms with van der Waals surface area (Å²) >= 11 is 0. The van der Waals surface area contributed by atoms with Crippen LogP contribution in [0, 0.1) is 0 Å². The monoisotopic (exact) mass is 275 g/mol. The first-order valence-electron chi connectivity index (χ1n) is 5.97. The van der Waals surface area contributed by atoms with E-state index in [1.807, 2.05) is 29.8 Å².